The molecule has 3 rings (SSSR count). The monoisotopic (exact) mass is 318 g/mol. The van der Waals surface area contributed by atoms with Gasteiger partial charge in [0, 0.05) is 23.5 Å². The van der Waals surface area contributed by atoms with Crippen molar-refractivity contribution >= 4 is 23.2 Å². The number of nitrogens with one attached hydrogen (secondary N) is 2. The molecule has 0 saturated heterocycles. The fourth-order valence-corrected chi connectivity index (χ4v) is 2.01. The number of hydrogen-bond acceptors (Lipinski definition) is 5. The highest BCUT2D eigenvalue weighted by Gasteiger charge is 2.09. The molecule has 0 radical (unpaired) electrons. The highest BCUT2D eigenvalue weighted by atomic mass is 19.2. The molecule has 0 aliphatic carbocycles. The van der Waals surface area contributed by atoms with E-state index in [0.717, 1.165) is 12.1 Å². The molecule has 0 bridgehead atoms. The van der Waals surface area contributed by atoms with Crippen LogP contribution in [0.2, 0.25) is 0 Å². The largest absolute Gasteiger partial charge is 0.361 e. The first-order chi connectivity index (χ1) is 11.0. The van der Waals surface area contributed by atoms with Gasteiger partial charge in [0.15, 0.2) is 11.6 Å². The molecule has 0 saturated carbocycles. The van der Waals surface area contributed by atoms with E-state index < -0.39 is 17.5 Å². The minimum Gasteiger partial charge on any atom is -0.361 e. The van der Waals surface area contributed by atoms with Crippen LogP contribution in [0.25, 0.3) is 5.78 Å². The van der Waals surface area contributed by atoms with Crippen LogP contribution >= 0.6 is 0 Å². The molecule has 0 aliphatic rings. The van der Waals surface area contributed by atoms with Crippen LogP contribution in [-0.2, 0) is 4.79 Å². The van der Waals surface area contributed by atoms with Crippen molar-refractivity contribution in [3.8, 4) is 0 Å². The quantitative estimate of drug-likeness (QED) is 0.766. The van der Waals surface area contributed by atoms with Crippen molar-refractivity contribution in [3.63, 3.8) is 0 Å². The molecule has 3 aromatic rings. The molecule has 2 N–H and O–H groups in total. The maximum atomic E-state index is 13.1. The van der Waals surface area contributed by atoms with Crippen LogP contribution in [0.3, 0.4) is 0 Å². The fraction of sp³-hybridized carbons (Fsp3) is 0.143. The molecule has 9 heteroatoms. The Morgan fingerprint density at radius 3 is 2.87 bits per heavy atom. The predicted octanol–water partition coefficient (Wildman–Crippen LogP) is 1.76. The van der Waals surface area contributed by atoms with Gasteiger partial charge in [0.25, 0.3) is 5.78 Å². The zero-order valence-corrected chi connectivity index (χ0v) is 12.0. The van der Waals surface area contributed by atoms with E-state index in [2.05, 4.69) is 25.7 Å². The molecule has 0 atom stereocenters. The third-order valence-corrected chi connectivity index (χ3v) is 3.01. The molecule has 118 valence electrons. The summed E-state index contributed by atoms with van der Waals surface area (Å²) in [6, 6.07) is 4.86. The second-order valence-corrected chi connectivity index (χ2v) is 4.79. The summed E-state index contributed by atoms with van der Waals surface area (Å²) in [5, 5.41) is 9.37. The van der Waals surface area contributed by atoms with E-state index in [4.69, 9.17) is 0 Å². The Bertz CT molecular complexity index is 879. The van der Waals surface area contributed by atoms with Gasteiger partial charge in [-0.05, 0) is 19.1 Å². The van der Waals surface area contributed by atoms with Gasteiger partial charge in [-0.3, -0.25) is 4.79 Å². The number of nitrogens with zero attached hydrogens (tertiary/aromatic N) is 4. The van der Waals surface area contributed by atoms with Gasteiger partial charge in [-0.1, -0.05) is 0 Å². The van der Waals surface area contributed by atoms with Crippen molar-refractivity contribution in [2.24, 2.45) is 0 Å². The Balaban J connectivity index is 1.68. The highest BCUT2D eigenvalue weighted by molar-refractivity contribution is 5.93. The maximum absolute atomic E-state index is 13.1. The minimum atomic E-state index is -1.02. The van der Waals surface area contributed by atoms with E-state index in [9.17, 15) is 13.6 Å². The Morgan fingerprint density at radius 2 is 2.09 bits per heavy atom. The second kappa shape index (κ2) is 5.95. The van der Waals surface area contributed by atoms with Gasteiger partial charge in [0.1, 0.15) is 12.1 Å². The standard InChI is InChI=1S/C14H12F2N6O/c1-8-4-12(22-14(20-8)18-7-19-22)17-6-13(23)21-9-2-3-10(15)11(16)5-9/h2-5,7,17H,6H2,1H3,(H,21,23). The lowest BCUT2D eigenvalue weighted by Crippen LogP contribution is -2.23. The van der Waals surface area contributed by atoms with E-state index in [0.29, 0.717) is 17.3 Å². The zero-order chi connectivity index (χ0) is 16.4. The number of benzene rings is 1. The maximum Gasteiger partial charge on any atom is 0.254 e. The summed E-state index contributed by atoms with van der Waals surface area (Å²) in [7, 11) is 0. The Morgan fingerprint density at radius 1 is 1.26 bits per heavy atom. The predicted molar refractivity (Wildman–Crippen MR) is 79.0 cm³/mol. The van der Waals surface area contributed by atoms with Crippen LogP contribution in [0.15, 0.2) is 30.6 Å². The van der Waals surface area contributed by atoms with Gasteiger partial charge in [0.2, 0.25) is 5.91 Å². The van der Waals surface area contributed by atoms with E-state index >= 15 is 0 Å². The number of carbonyl (C=O) groups is 1. The SMILES string of the molecule is Cc1cc(NCC(=O)Nc2ccc(F)c(F)c2)n2ncnc2n1. The van der Waals surface area contributed by atoms with Crippen LogP contribution in [0.5, 0.6) is 0 Å². The van der Waals surface area contributed by atoms with Gasteiger partial charge < -0.3 is 10.6 Å². The van der Waals surface area contributed by atoms with Gasteiger partial charge in [-0.15, -0.1) is 0 Å². The van der Waals surface area contributed by atoms with E-state index in [1.54, 1.807) is 13.0 Å². The average molecular weight is 318 g/mol. The molecule has 2 aromatic heterocycles. The first-order valence-electron chi connectivity index (χ1n) is 6.69. The van der Waals surface area contributed by atoms with Gasteiger partial charge >= 0.3 is 0 Å². The Labute approximate surface area is 129 Å². The number of carbonyl (C=O) groups excluding carboxylic acids is 1. The topological polar surface area (TPSA) is 84.2 Å². The molecule has 7 nitrogen and oxygen atoms in total. The van der Waals surface area contributed by atoms with Crippen LogP contribution in [0.1, 0.15) is 5.69 Å². The fourth-order valence-electron chi connectivity index (χ4n) is 2.01. The highest BCUT2D eigenvalue weighted by Crippen LogP contribution is 2.13. The zero-order valence-electron chi connectivity index (χ0n) is 12.0. The molecule has 0 aliphatic heterocycles. The van der Waals surface area contributed by atoms with Crippen molar-refractivity contribution in [3.05, 3.63) is 47.9 Å². The molecular formula is C14H12F2N6O. The van der Waals surface area contributed by atoms with Gasteiger partial charge in [0.05, 0.1) is 6.54 Å². The summed E-state index contributed by atoms with van der Waals surface area (Å²) in [6.07, 6.45) is 1.36. The smallest absolute Gasteiger partial charge is 0.254 e. The molecule has 0 fully saturated rings. The summed E-state index contributed by atoms with van der Waals surface area (Å²) in [5.41, 5.74) is 0.890. The van der Waals surface area contributed by atoms with Crippen molar-refractivity contribution in [2.45, 2.75) is 6.92 Å². The second-order valence-electron chi connectivity index (χ2n) is 4.79. The molecule has 23 heavy (non-hydrogen) atoms. The summed E-state index contributed by atoms with van der Waals surface area (Å²) in [6.45, 7) is 1.71. The third-order valence-electron chi connectivity index (χ3n) is 3.01. The molecule has 0 spiro atoms. The minimum absolute atomic E-state index is 0.0859. The molecule has 0 unspecified atom stereocenters. The average Bonchev–Trinajstić information content (AvgIpc) is 2.97. The van der Waals surface area contributed by atoms with E-state index in [1.165, 1.54) is 16.9 Å². The molecule has 1 aromatic carbocycles. The summed E-state index contributed by atoms with van der Waals surface area (Å²) in [5.74, 6) is -1.45. The number of halogens is 2. The van der Waals surface area contributed by atoms with E-state index in [1.807, 2.05) is 0 Å². The normalized spacial score (nSPS) is 10.7. The van der Waals surface area contributed by atoms with Crippen molar-refractivity contribution in [1.29, 1.82) is 0 Å². The summed E-state index contributed by atoms with van der Waals surface area (Å²) in [4.78, 5) is 20.0. The number of amides is 1. The third kappa shape index (κ3) is 3.23. The summed E-state index contributed by atoms with van der Waals surface area (Å²) < 4.78 is 27.4. The lowest BCUT2D eigenvalue weighted by Gasteiger charge is -2.09. The molecular weight excluding hydrogens is 306 g/mol. The van der Waals surface area contributed by atoms with Crippen molar-refractivity contribution < 1.29 is 13.6 Å². The Kier molecular flexibility index (Phi) is 3.83. The van der Waals surface area contributed by atoms with Crippen LogP contribution in [0.4, 0.5) is 20.3 Å². The number of rotatable bonds is 4. The van der Waals surface area contributed by atoms with Gasteiger partial charge in [-0.25, -0.2) is 13.8 Å². The molecule has 2 heterocycles. The number of aryl methyl sites for hydroxylation is 1. The van der Waals surface area contributed by atoms with Crippen molar-refractivity contribution in [1.82, 2.24) is 19.6 Å². The number of anilines is 2. The van der Waals surface area contributed by atoms with Crippen molar-refractivity contribution in [2.75, 3.05) is 17.2 Å². The number of hydrogen-bond donors (Lipinski definition) is 2. The first kappa shape index (κ1) is 14.8. The Hall–Kier alpha value is -3.10. The van der Waals surface area contributed by atoms with Gasteiger partial charge in [-0.2, -0.15) is 14.6 Å². The first-order valence-corrected chi connectivity index (χ1v) is 6.69. The number of fused-ring (bicyclic) bond motifs is 1. The van der Waals surface area contributed by atoms with Crippen LogP contribution in [-0.4, -0.2) is 32.0 Å². The van der Waals surface area contributed by atoms with Crippen LogP contribution < -0.4 is 10.6 Å². The number of aromatic nitrogens is 4. The lowest BCUT2D eigenvalue weighted by atomic mass is 10.3. The van der Waals surface area contributed by atoms with E-state index in [-0.39, 0.29) is 12.2 Å². The lowest BCUT2D eigenvalue weighted by molar-refractivity contribution is -0.114. The summed E-state index contributed by atoms with van der Waals surface area (Å²) >= 11 is 0. The van der Waals surface area contributed by atoms with Crippen LogP contribution in [0, 0.1) is 18.6 Å². The molecule has 1 amide bonds.